The first-order valence-electron chi connectivity index (χ1n) is 4.82. The minimum atomic E-state index is -1.61. The molecule has 0 saturated carbocycles. The van der Waals surface area contributed by atoms with Crippen molar-refractivity contribution in [2.75, 3.05) is 0 Å². The number of hydrogen-bond acceptors (Lipinski definition) is 5. The lowest BCUT2D eigenvalue weighted by atomic mass is 10.2. The number of aliphatic hydroxyl groups is 1. The quantitative estimate of drug-likeness (QED) is 0.515. The molecule has 1 aliphatic rings. The van der Waals surface area contributed by atoms with E-state index in [4.69, 9.17) is 10.2 Å². The van der Waals surface area contributed by atoms with Gasteiger partial charge in [0.25, 0.3) is 0 Å². The summed E-state index contributed by atoms with van der Waals surface area (Å²) in [6.07, 6.45) is -2.42. The van der Waals surface area contributed by atoms with Crippen LogP contribution in [0, 0.1) is 0 Å². The standard InChI is InChI=1S/C9H13NO6/c1-4(11)7(8(13)14)16-9(15)5-2-3-6(12)10-5/h4-5,7,11H,2-3H2,1H3,(H,10,12)(H,13,14). The lowest BCUT2D eigenvalue weighted by Crippen LogP contribution is -2.42. The molecule has 3 N–H and O–H groups in total. The van der Waals surface area contributed by atoms with Crippen LogP contribution >= 0.6 is 0 Å². The number of aliphatic hydroxyl groups excluding tert-OH is 1. The van der Waals surface area contributed by atoms with Crippen LogP contribution in [0.1, 0.15) is 19.8 Å². The van der Waals surface area contributed by atoms with Crippen LogP contribution in [-0.2, 0) is 19.1 Å². The number of rotatable bonds is 4. The molecule has 1 aliphatic heterocycles. The number of carbonyl (C=O) groups is 3. The zero-order valence-electron chi connectivity index (χ0n) is 8.67. The van der Waals surface area contributed by atoms with Crippen LogP contribution in [0.25, 0.3) is 0 Å². The Kier molecular flexibility index (Phi) is 3.83. The number of ether oxygens (including phenoxy) is 1. The molecule has 7 heteroatoms. The normalized spacial score (nSPS) is 23.4. The second-order valence-corrected chi connectivity index (χ2v) is 3.60. The SMILES string of the molecule is CC(O)C(OC(=O)C1CCC(=O)N1)C(=O)O. The minimum Gasteiger partial charge on any atom is -0.478 e. The molecule has 1 amide bonds. The number of esters is 1. The molecular weight excluding hydrogens is 218 g/mol. The molecule has 3 unspecified atom stereocenters. The van der Waals surface area contributed by atoms with E-state index in [0.717, 1.165) is 0 Å². The number of carbonyl (C=O) groups excluding carboxylic acids is 2. The Morgan fingerprint density at radius 2 is 2.19 bits per heavy atom. The summed E-state index contributed by atoms with van der Waals surface area (Å²) < 4.78 is 4.60. The van der Waals surface area contributed by atoms with E-state index in [0.29, 0.717) is 0 Å². The summed E-state index contributed by atoms with van der Waals surface area (Å²) in [5, 5.41) is 20.1. The van der Waals surface area contributed by atoms with Crippen molar-refractivity contribution in [3.63, 3.8) is 0 Å². The van der Waals surface area contributed by atoms with E-state index >= 15 is 0 Å². The topological polar surface area (TPSA) is 113 Å². The van der Waals surface area contributed by atoms with E-state index in [9.17, 15) is 14.4 Å². The van der Waals surface area contributed by atoms with E-state index in [-0.39, 0.29) is 18.7 Å². The van der Waals surface area contributed by atoms with Crippen LogP contribution in [-0.4, -0.2) is 46.3 Å². The molecular formula is C9H13NO6. The van der Waals surface area contributed by atoms with Gasteiger partial charge in [-0.3, -0.25) is 4.79 Å². The van der Waals surface area contributed by atoms with Gasteiger partial charge >= 0.3 is 11.9 Å². The molecule has 7 nitrogen and oxygen atoms in total. The third-order valence-electron chi connectivity index (χ3n) is 2.20. The lowest BCUT2D eigenvalue weighted by Gasteiger charge is -2.18. The van der Waals surface area contributed by atoms with E-state index in [1.165, 1.54) is 6.92 Å². The average Bonchev–Trinajstić information content (AvgIpc) is 2.59. The molecule has 0 aromatic carbocycles. The van der Waals surface area contributed by atoms with Crippen LogP contribution in [0.4, 0.5) is 0 Å². The molecule has 0 aliphatic carbocycles. The Bertz CT molecular complexity index is 313. The molecule has 1 rings (SSSR count). The molecule has 0 bridgehead atoms. The van der Waals surface area contributed by atoms with Gasteiger partial charge in [0, 0.05) is 6.42 Å². The number of carboxylic acid groups (broad SMARTS) is 1. The summed E-state index contributed by atoms with van der Waals surface area (Å²) in [6, 6.07) is -0.812. The fourth-order valence-corrected chi connectivity index (χ4v) is 1.35. The van der Waals surface area contributed by atoms with Crippen molar-refractivity contribution in [2.45, 2.75) is 38.0 Å². The monoisotopic (exact) mass is 231 g/mol. The van der Waals surface area contributed by atoms with Gasteiger partial charge in [0.15, 0.2) is 0 Å². The summed E-state index contributed by atoms with van der Waals surface area (Å²) in [5.74, 6) is -2.53. The Labute approximate surface area is 91.4 Å². The van der Waals surface area contributed by atoms with E-state index in [1.807, 2.05) is 0 Å². The summed E-state index contributed by atoms with van der Waals surface area (Å²) in [7, 11) is 0. The highest BCUT2D eigenvalue weighted by molar-refractivity contribution is 5.89. The second kappa shape index (κ2) is 4.93. The van der Waals surface area contributed by atoms with Crippen molar-refractivity contribution in [1.82, 2.24) is 5.32 Å². The van der Waals surface area contributed by atoms with Crippen LogP contribution < -0.4 is 5.32 Å². The van der Waals surface area contributed by atoms with Crippen molar-refractivity contribution in [3.8, 4) is 0 Å². The van der Waals surface area contributed by atoms with E-state index in [1.54, 1.807) is 0 Å². The van der Waals surface area contributed by atoms with Crippen LogP contribution in [0.3, 0.4) is 0 Å². The third kappa shape index (κ3) is 2.93. The first-order valence-corrected chi connectivity index (χ1v) is 4.82. The van der Waals surface area contributed by atoms with Gasteiger partial charge in [0.2, 0.25) is 12.0 Å². The van der Waals surface area contributed by atoms with Gasteiger partial charge in [-0.25, -0.2) is 9.59 Å². The first kappa shape index (κ1) is 12.4. The van der Waals surface area contributed by atoms with Gasteiger partial charge < -0.3 is 20.3 Å². The molecule has 90 valence electrons. The molecule has 1 saturated heterocycles. The summed E-state index contributed by atoms with van der Waals surface area (Å²) in [4.78, 5) is 32.9. The van der Waals surface area contributed by atoms with Gasteiger partial charge in [-0.15, -0.1) is 0 Å². The van der Waals surface area contributed by atoms with Crippen molar-refractivity contribution in [2.24, 2.45) is 0 Å². The second-order valence-electron chi connectivity index (χ2n) is 3.60. The zero-order valence-corrected chi connectivity index (χ0v) is 8.67. The van der Waals surface area contributed by atoms with Gasteiger partial charge in [-0.2, -0.15) is 0 Å². The summed E-state index contributed by atoms with van der Waals surface area (Å²) in [6.45, 7) is 1.21. The predicted octanol–water partition coefficient (Wildman–Crippen LogP) is -1.36. The molecule has 0 radical (unpaired) electrons. The highest BCUT2D eigenvalue weighted by atomic mass is 16.6. The summed E-state index contributed by atoms with van der Waals surface area (Å²) in [5.41, 5.74) is 0. The molecule has 3 atom stereocenters. The fraction of sp³-hybridized carbons (Fsp3) is 0.667. The zero-order chi connectivity index (χ0) is 12.3. The van der Waals surface area contributed by atoms with E-state index < -0.39 is 30.2 Å². The van der Waals surface area contributed by atoms with Crippen LogP contribution in [0.2, 0.25) is 0 Å². The Balaban J connectivity index is 2.55. The van der Waals surface area contributed by atoms with Crippen molar-refractivity contribution >= 4 is 17.8 Å². The molecule has 1 fully saturated rings. The smallest absolute Gasteiger partial charge is 0.347 e. The average molecular weight is 231 g/mol. The minimum absolute atomic E-state index is 0.214. The van der Waals surface area contributed by atoms with Gasteiger partial charge in [0.05, 0.1) is 6.10 Å². The van der Waals surface area contributed by atoms with Gasteiger partial charge in [0.1, 0.15) is 6.04 Å². The lowest BCUT2D eigenvalue weighted by molar-refractivity contribution is -0.172. The number of amides is 1. The van der Waals surface area contributed by atoms with E-state index in [2.05, 4.69) is 10.1 Å². The van der Waals surface area contributed by atoms with Gasteiger partial charge in [-0.05, 0) is 13.3 Å². The van der Waals surface area contributed by atoms with Crippen LogP contribution in [0.5, 0.6) is 0 Å². The maximum Gasteiger partial charge on any atom is 0.347 e. The first-order chi connectivity index (χ1) is 7.41. The summed E-state index contributed by atoms with van der Waals surface area (Å²) >= 11 is 0. The molecule has 1 heterocycles. The van der Waals surface area contributed by atoms with Crippen LogP contribution in [0.15, 0.2) is 0 Å². The van der Waals surface area contributed by atoms with Crippen molar-refractivity contribution in [3.05, 3.63) is 0 Å². The fourth-order valence-electron chi connectivity index (χ4n) is 1.35. The molecule has 0 aromatic rings. The number of nitrogens with one attached hydrogen (secondary N) is 1. The highest BCUT2D eigenvalue weighted by Crippen LogP contribution is 2.10. The Hall–Kier alpha value is -1.63. The van der Waals surface area contributed by atoms with Gasteiger partial charge in [-0.1, -0.05) is 0 Å². The number of carboxylic acids is 1. The largest absolute Gasteiger partial charge is 0.478 e. The highest BCUT2D eigenvalue weighted by Gasteiger charge is 2.34. The molecule has 0 aromatic heterocycles. The van der Waals surface area contributed by atoms with Crippen molar-refractivity contribution < 1.29 is 29.3 Å². The predicted molar refractivity (Wildman–Crippen MR) is 50.4 cm³/mol. The molecule has 16 heavy (non-hydrogen) atoms. The maximum atomic E-state index is 11.4. The Morgan fingerprint density at radius 3 is 2.56 bits per heavy atom. The Morgan fingerprint density at radius 1 is 1.56 bits per heavy atom. The molecule has 0 spiro atoms. The van der Waals surface area contributed by atoms with Crippen molar-refractivity contribution in [1.29, 1.82) is 0 Å². The number of aliphatic carboxylic acids is 1. The number of hydrogen-bond donors (Lipinski definition) is 3. The third-order valence-corrected chi connectivity index (χ3v) is 2.20. The maximum absolute atomic E-state index is 11.4.